The highest BCUT2D eigenvalue weighted by atomic mass is 16.2. The van der Waals surface area contributed by atoms with Gasteiger partial charge in [0.1, 0.15) is 11.5 Å². The Bertz CT molecular complexity index is 1660. The number of likely N-dealkylation sites (tertiary alicyclic amines) is 1. The van der Waals surface area contributed by atoms with Crippen molar-refractivity contribution in [3.05, 3.63) is 83.5 Å². The van der Waals surface area contributed by atoms with Gasteiger partial charge in [0.15, 0.2) is 0 Å². The fourth-order valence-corrected chi connectivity index (χ4v) is 5.70. The molecule has 222 valence electrons. The predicted molar refractivity (Wildman–Crippen MR) is 170 cm³/mol. The third kappa shape index (κ3) is 5.41. The van der Waals surface area contributed by atoms with Crippen LogP contribution in [0.15, 0.2) is 72.1 Å². The molecule has 12 nitrogen and oxygen atoms in total. The van der Waals surface area contributed by atoms with Crippen LogP contribution in [0.4, 0.5) is 11.4 Å². The van der Waals surface area contributed by atoms with Crippen molar-refractivity contribution in [2.45, 2.75) is 30.8 Å². The summed E-state index contributed by atoms with van der Waals surface area (Å²) in [5.74, 6) is -0.564. The molecule has 2 aromatic heterocycles. The number of pyridine rings is 1. The number of carbonyl (C=O) groups is 2. The highest BCUT2D eigenvalue weighted by Gasteiger charge is 2.41. The molecule has 2 fully saturated rings. The Morgan fingerprint density at radius 2 is 1.86 bits per heavy atom. The average Bonchev–Trinajstić information content (AvgIpc) is 3.77. The fourth-order valence-electron chi connectivity index (χ4n) is 5.70. The molecule has 0 unspecified atom stereocenters. The number of likely N-dealkylation sites (N-methyl/N-ethyl adjacent to an activating group) is 1. The number of para-hydroxylation sites is 1. The Hall–Kier alpha value is -4.71. The molecule has 7 N–H and O–H groups in total. The van der Waals surface area contributed by atoms with Crippen molar-refractivity contribution >= 4 is 38.9 Å². The number of carbonyl (C=O) groups excluding carboxylic acids is 2. The molecule has 0 spiro atoms. The maximum atomic E-state index is 12.5. The van der Waals surface area contributed by atoms with Crippen molar-refractivity contribution in [1.82, 2.24) is 30.3 Å². The van der Waals surface area contributed by atoms with E-state index in [1.807, 2.05) is 54.5 Å². The summed E-state index contributed by atoms with van der Waals surface area (Å²) >= 11 is 0. The number of benzene rings is 1. The number of anilines is 2. The molecule has 1 aliphatic carbocycles. The largest absolute Gasteiger partial charge is 0.393 e. The Labute approximate surface area is 258 Å². The molecule has 4 heterocycles. The number of hydrogen-bond acceptors (Lipinski definition) is 9. The summed E-state index contributed by atoms with van der Waals surface area (Å²) in [4.78, 5) is 33.2. The zero-order valence-corrected chi connectivity index (χ0v) is 24.7. The second-order valence-electron chi connectivity index (χ2n) is 11.5. The third-order valence-corrected chi connectivity index (χ3v) is 8.35. The van der Waals surface area contributed by atoms with E-state index in [4.69, 9.17) is 32.3 Å². The lowest BCUT2D eigenvalue weighted by Gasteiger charge is -2.50. The lowest BCUT2D eigenvalue weighted by Crippen LogP contribution is -2.60. The van der Waals surface area contributed by atoms with Crippen LogP contribution < -0.4 is 32.3 Å². The van der Waals surface area contributed by atoms with Gasteiger partial charge in [0.25, 0.3) is 5.91 Å². The maximum Gasteiger partial charge on any atom is 0.269 e. The van der Waals surface area contributed by atoms with Crippen LogP contribution in [0, 0.1) is 5.92 Å². The van der Waals surface area contributed by atoms with E-state index >= 15 is 0 Å². The number of aromatic nitrogens is 3. The van der Waals surface area contributed by atoms with Gasteiger partial charge in [-0.25, -0.2) is 0 Å². The van der Waals surface area contributed by atoms with E-state index in [2.05, 4.69) is 30.5 Å². The number of hydrogen-bond donors (Lipinski definition) is 5. The number of nitrogens with one attached hydrogen (secondary N) is 3. The van der Waals surface area contributed by atoms with E-state index in [-0.39, 0.29) is 35.1 Å². The van der Waals surface area contributed by atoms with Gasteiger partial charge in [-0.1, -0.05) is 18.2 Å². The smallest absolute Gasteiger partial charge is 0.269 e. The van der Waals surface area contributed by atoms with E-state index in [1.165, 1.54) is 13.1 Å². The van der Waals surface area contributed by atoms with Gasteiger partial charge in [-0.15, -0.1) is 0 Å². The van der Waals surface area contributed by atoms with Gasteiger partial charge in [0, 0.05) is 62.2 Å². The molecular weight excluding hydrogens is 554 g/mol. The second-order valence-corrected chi connectivity index (χ2v) is 11.5. The summed E-state index contributed by atoms with van der Waals surface area (Å²) in [5.41, 5.74) is 17.9. The molecule has 1 saturated heterocycles. The molecule has 1 aromatic carbocycles. The van der Waals surface area contributed by atoms with Gasteiger partial charge in [0.05, 0.1) is 57.2 Å². The number of fused-ring (bicyclic) bond motifs is 3. The van der Waals surface area contributed by atoms with Crippen molar-refractivity contribution in [3.63, 3.8) is 0 Å². The summed E-state index contributed by atoms with van der Waals surface area (Å²) in [5, 5.41) is 12.1. The van der Waals surface area contributed by atoms with Crippen LogP contribution in [0.2, 0.25) is 0 Å². The van der Waals surface area contributed by atoms with Gasteiger partial charge in [-0.05, 0) is 36.4 Å². The van der Waals surface area contributed by atoms with Crippen LogP contribution in [-0.2, 0) is 21.5 Å². The first-order valence-electron chi connectivity index (χ1n) is 14.5. The molecule has 2 aliphatic heterocycles. The molecule has 44 heavy (non-hydrogen) atoms. The second kappa shape index (κ2) is 11.4. The summed E-state index contributed by atoms with van der Waals surface area (Å²) in [6.07, 6.45) is 6.72. The van der Waals surface area contributed by atoms with Gasteiger partial charge in [0.2, 0.25) is 5.91 Å². The Morgan fingerprint density at radius 3 is 2.55 bits per heavy atom. The van der Waals surface area contributed by atoms with Crippen molar-refractivity contribution in [3.8, 4) is 11.1 Å². The first-order valence-corrected chi connectivity index (χ1v) is 14.5. The van der Waals surface area contributed by atoms with Gasteiger partial charge in [-0.2, -0.15) is 5.10 Å². The Morgan fingerprint density at radius 1 is 1.09 bits per heavy atom. The van der Waals surface area contributed by atoms with E-state index in [0.29, 0.717) is 31.0 Å². The molecule has 0 bridgehead atoms. The predicted octanol–water partition coefficient (Wildman–Crippen LogP) is 0.554. The van der Waals surface area contributed by atoms with E-state index in [0.717, 1.165) is 35.3 Å². The maximum absolute atomic E-state index is 12.5. The van der Waals surface area contributed by atoms with Crippen LogP contribution >= 0.6 is 0 Å². The monoisotopic (exact) mass is 588 g/mol. The lowest BCUT2D eigenvalue weighted by atomic mass is 9.57. The zero-order valence-electron chi connectivity index (χ0n) is 24.7. The van der Waals surface area contributed by atoms with E-state index < -0.39 is 11.2 Å². The first kappa shape index (κ1) is 29.4. The van der Waals surface area contributed by atoms with E-state index in [9.17, 15) is 9.59 Å². The van der Waals surface area contributed by atoms with Gasteiger partial charge >= 0.3 is 0 Å². The van der Waals surface area contributed by atoms with Crippen LogP contribution in [0.1, 0.15) is 30.3 Å². The quantitative estimate of drug-likeness (QED) is 0.137. The molecular formula is C30H34B2N10O2. The number of nitrogens with two attached hydrogens (primary N) is 2. The average molecular weight is 588 g/mol. The van der Waals surface area contributed by atoms with Crippen LogP contribution in [0.5, 0.6) is 0 Å². The Balaban J connectivity index is 1.26. The lowest BCUT2D eigenvalue weighted by molar-refractivity contribution is -0.121. The number of rotatable bonds is 9. The fraction of sp³-hybridized carbons (Fsp3) is 0.333. The first-order chi connectivity index (χ1) is 21.1. The minimum atomic E-state index is -1.17. The summed E-state index contributed by atoms with van der Waals surface area (Å²) in [6, 6.07) is 11.5. The van der Waals surface area contributed by atoms with Crippen molar-refractivity contribution in [2.24, 2.45) is 17.4 Å². The van der Waals surface area contributed by atoms with Gasteiger partial charge < -0.3 is 37.2 Å². The van der Waals surface area contributed by atoms with Crippen molar-refractivity contribution in [2.75, 3.05) is 37.4 Å². The molecule has 4 radical (unpaired) electrons. The molecule has 14 heteroatoms. The molecule has 0 atom stereocenters. The molecule has 3 aromatic rings. The molecule has 1 saturated carbocycles. The highest BCUT2D eigenvalue weighted by Crippen LogP contribution is 2.44. The number of allylic oxidation sites excluding steroid dienone is 1. The van der Waals surface area contributed by atoms with E-state index in [1.54, 1.807) is 6.20 Å². The molecule has 6 rings (SSSR count). The topological polar surface area (TPSA) is 159 Å². The minimum Gasteiger partial charge on any atom is -0.393 e. The van der Waals surface area contributed by atoms with Crippen molar-refractivity contribution < 1.29 is 9.59 Å². The number of amides is 2. The molecule has 2 amide bonds. The Kier molecular flexibility index (Phi) is 7.62. The number of nitrogens with zero attached hydrogens (tertiary/aromatic N) is 5. The van der Waals surface area contributed by atoms with Crippen molar-refractivity contribution in [1.29, 1.82) is 0 Å². The summed E-state index contributed by atoms with van der Waals surface area (Å²) < 4.78 is 2.06. The normalized spacial score (nSPS) is 17.6. The van der Waals surface area contributed by atoms with Gasteiger partial charge in [-0.3, -0.25) is 19.3 Å². The highest BCUT2D eigenvalue weighted by molar-refractivity contribution is 6.39. The van der Waals surface area contributed by atoms with Crippen LogP contribution in [0.3, 0.4) is 0 Å². The zero-order chi connectivity index (χ0) is 31.2. The summed E-state index contributed by atoms with van der Waals surface area (Å²) in [6.45, 7) is 1.86. The van der Waals surface area contributed by atoms with Crippen LogP contribution in [0.25, 0.3) is 11.1 Å². The summed E-state index contributed by atoms with van der Waals surface area (Å²) in [7, 11) is 16.5. The molecule has 3 aliphatic rings. The standard InChI is InChI=1S/C30H34B2N10O2/c1-35-29(44)26(34)22(12-25(33)39-28(43)17-9-10-17)38-21-7-5-6-19-20-13-37-42(23(20)16-40(2)27(19)21)18-14-41(15-18)30(31,32)24-8-3-4-11-36-24/h3-8,11-13,17-18,38H,9-10,14-16,33-34H2,1-2H3,(H,35,44)(H,39,43)/b25-12+,26-22+. The van der Waals surface area contributed by atoms with Crippen LogP contribution in [-0.4, -0.2) is 74.4 Å². The minimum absolute atomic E-state index is 0.0273. The third-order valence-electron chi connectivity index (χ3n) is 8.35. The SMILES string of the molecule is [B]C([B])(c1ccccn1)N1CC(n2ncc3c2CN(C)c2c(NC(/C=C(\N)NC(=O)C4CC4)=C(/N)C(=O)NC)cccc2-3)C1.